The zero-order chi connectivity index (χ0) is 10.6. The third-order valence-electron chi connectivity index (χ3n) is 2.82. The summed E-state index contributed by atoms with van der Waals surface area (Å²) >= 11 is 0. The van der Waals surface area contributed by atoms with Gasteiger partial charge in [-0.25, -0.2) is 4.79 Å². The molecular formula is C10H19NO3. The van der Waals surface area contributed by atoms with E-state index in [0.717, 1.165) is 25.7 Å². The second kappa shape index (κ2) is 5.20. The Bertz CT molecular complexity index is 196. The first-order valence-corrected chi connectivity index (χ1v) is 5.23. The summed E-state index contributed by atoms with van der Waals surface area (Å²) in [5.41, 5.74) is 4.99. The van der Waals surface area contributed by atoms with Gasteiger partial charge in [-0.3, -0.25) is 0 Å². The maximum absolute atomic E-state index is 10.6. The summed E-state index contributed by atoms with van der Waals surface area (Å²) in [4.78, 5) is 10.6. The summed E-state index contributed by atoms with van der Waals surface area (Å²) in [6.45, 7) is 1.99. The van der Waals surface area contributed by atoms with Crippen LogP contribution in [0.4, 0.5) is 4.79 Å². The molecule has 0 aromatic carbocycles. The van der Waals surface area contributed by atoms with Crippen molar-refractivity contribution >= 4 is 6.09 Å². The van der Waals surface area contributed by atoms with E-state index in [-0.39, 0.29) is 18.1 Å². The first-order chi connectivity index (χ1) is 6.59. The van der Waals surface area contributed by atoms with E-state index in [9.17, 15) is 9.90 Å². The zero-order valence-corrected chi connectivity index (χ0v) is 8.61. The van der Waals surface area contributed by atoms with Gasteiger partial charge in [0.25, 0.3) is 0 Å². The maximum Gasteiger partial charge on any atom is 0.404 e. The van der Waals surface area contributed by atoms with E-state index < -0.39 is 6.09 Å². The molecule has 4 heteroatoms. The zero-order valence-electron chi connectivity index (χ0n) is 8.61. The Hall–Kier alpha value is -0.770. The van der Waals surface area contributed by atoms with Gasteiger partial charge in [0.1, 0.15) is 6.10 Å². The molecule has 1 aliphatic carbocycles. The highest BCUT2D eigenvalue weighted by atomic mass is 16.6. The van der Waals surface area contributed by atoms with Crippen LogP contribution in [-0.4, -0.2) is 23.4 Å². The fourth-order valence-electron chi connectivity index (χ4n) is 2.03. The molecule has 82 valence electrons. The number of carbonyl (C=O) groups excluding carboxylic acids is 1. The number of aliphatic hydroxyl groups is 1. The Kier molecular flexibility index (Phi) is 4.20. The first-order valence-electron chi connectivity index (χ1n) is 5.23. The Balaban J connectivity index is 2.49. The number of hydrogen-bond acceptors (Lipinski definition) is 3. The molecule has 3 atom stereocenters. The van der Waals surface area contributed by atoms with Gasteiger partial charge in [0.2, 0.25) is 0 Å². The minimum absolute atomic E-state index is 0.123. The maximum atomic E-state index is 10.6. The lowest BCUT2D eigenvalue weighted by atomic mass is 9.88. The number of hydrogen-bond donors (Lipinski definition) is 2. The van der Waals surface area contributed by atoms with Crippen LogP contribution in [-0.2, 0) is 4.74 Å². The molecule has 0 spiro atoms. The van der Waals surface area contributed by atoms with Gasteiger partial charge in [-0.1, -0.05) is 13.3 Å². The molecule has 1 fully saturated rings. The van der Waals surface area contributed by atoms with Crippen LogP contribution in [0, 0.1) is 5.92 Å². The summed E-state index contributed by atoms with van der Waals surface area (Å²) in [7, 11) is 0. The van der Waals surface area contributed by atoms with E-state index in [2.05, 4.69) is 0 Å². The monoisotopic (exact) mass is 201 g/mol. The van der Waals surface area contributed by atoms with Crippen LogP contribution in [0.25, 0.3) is 0 Å². The molecule has 3 unspecified atom stereocenters. The SMILES string of the molecule is CC1CC(O)CCCCC1OC(N)=O. The van der Waals surface area contributed by atoms with Crippen molar-refractivity contribution in [2.45, 2.75) is 51.2 Å². The fraction of sp³-hybridized carbons (Fsp3) is 0.900. The molecule has 14 heavy (non-hydrogen) atoms. The lowest BCUT2D eigenvalue weighted by Crippen LogP contribution is -2.31. The highest BCUT2D eigenvalue weighted by Crippen LogP contribution is 2.24. The van der Waals surface area contributed by atoms with Crippen molar-refractivity contribution in [3.63, 3.8) is 0 Å². The van der Waals surface area contributed by atoms with Crippen molar-refractivity contribution in [1.82, 2.24) is 0 Å². The molecule has 0 heterocycles. The quantitative estimate of drug-likeness (QED) is 0.673. The van der Waals surface area contributed by atoms with E-state index in [1.165, 1.54) is 0 Å². The normalized spacial score (nSPS) is 34.3. The smallest absolute Gasteiger partial charge is 0.404 e. The van der Waals surface area contributed by atoms with E-state index in [0.29, 0.717) is 6.42 Å². The molecule has 1 amide bonds. The molecule has 0 aliphatic heterocycles. The molecule has 1 saturated carbocycles. The number of ether oxygens (including phenoxy) is 1. The van der Waals surface area contributed by atoms with Crippen LogP contribution < -0.4 is 5.73 Å². The standard InChI is InChI=1S/C10H19NO3/c1-7-6-8(12)4-2-3-5-9(7)14-10(11)13/h7-9,12H,2-6H2,1H3,(H2,11,13). The summed E-state index contributed by atoms with van der Waals surface area (Å²) < 4.78 is 5.02. The molecule has 0 saturated heterocycles. The van der Waals surface area contributed by atoms with Crippen molar-refractivity contribution in [1.29, 1.82) is 0 Å². The Morgan fingerprint density at radius 3 is 2.71 bits per heavy atom. The lowest BCUT2D eigenvalue weighted by Gasteiger charge is -2.27. The highest BCUT2D eigenvalue weighted by Gasteiger charge is 2.24. The Morgan fingerprint density at radius 1 is 1.43 bits per heavy atom. The predicted octanol–water partition coefficient (Wildman–Crippen LogP) is 1.41. The lowest BCUT2D eigenvalue weighted by molar-refractivity contribution is 0.0297. The van der Waals surface area contributed by atoms with Crippen molar-refractivity contribution in [2.75, 3.05) is 0 Å². The molecule has 4 nitrogen and oxygen atoms in total. The number of aliphatic hydroxyl groups excluding tert-OH is 1. The second-order valence-corrected chi connectivity index (χ2v) is 4.13. The average Bonchev–Trinajstić information content (AvgIpc) is 2.07. The minimum Gasteiger partial charge on any atom is -0.446 e. The topological polar surface area (TPSA) is 72.6 Å². The minimum atomic E-state index is -0.711. The van der Waals surface area contributed by atoms with Crippen LogP contribution in [0.1, 0.15) is 39.0 Å². The van der Waals surface area contributed by atoms with Gasteiger partial charge in [0.15, 0.2) is 0 Å². The van der Waals surface area contributed by atoms with Gasteiger partial charge in [-0.05, 0) is 31.6 Å². The molecule has 0 aromatic rings. The van der Waals surface area contributed by atoms with Crippen LogP contribution in [0.15, 0.2) is 0 Å². The number of primary amides is 1. The van der Waals surface area contributed by atoms with E-state index in [4.69, 9.17) is 10.5 Å². The van der Waals surface area contributed by atoms with Gasteiger partial charge in [-0.15, -0.1) is 0 Å². The number of rotatable bonds is 1. The Morgan fingerprint density at radius 2 is 2.07 bits per heavy atom. The van der Waals surface area contributed by atoms with Gasteiger partial charge in [0, 0.05) is 0 Å². The van der Waals surface area contributed by atoms with Crippen LogP contribution in [0.2, 0.25) is 0 Å². The average molecular weight is 201 g/mol. The summed E-state index contributed by atoms with van der Waals surface area (Å²) in [5, 5.41) is 9.56. The molecule has 0 aromatic heterocycles. The Labute approximate surface area is 84.4 Å². The largest absolute Gasteiger partial charge is 0.446 e. The van der Waals surface area contributed by atoms with Crippen LogP contribution in [0.3, 0.4) is 0 Å². The van der Waals surface area contributed by atoms with Gasteiger partial charge < -0.3 is 15.6 Å². The number of nitrogens with two attached hydrogens (primary N) is 1. The van der Waals surface area contributed by atoms with Crippen molar-refractivity contribution in [2.24, 2.45) is 11.7 Å². The third kappa shape index (κ3) is 3.54. The van der Waals surface area contributed by atoms with Gasteiger partial charge in [0.05, 0.1) is 6.10 Å². The fourth-order valence-corrected chi connectivity index (χ4v) is 2.03. The summed E-state index contributed by atoms with van der Waals surface area (Å²) in [6, 6.07) is 0. The van der Waals surface area contributed by atoms with E-state index >= 15 is 0 Å². The highest BCUT2D eigenvalue weighted by molar-refractivity contribution is 5.64. The molecule has 0 bridgehead atoms. The molecule has 1 rings (SSSR count). The van der Waals surface area contributed by atoms with Crippen molar-refractivity contribution in [3.8, 4) is 0 Å². The third-order valence-corrected chi connectivity index (χ3v) is 2.82. The predicted molar refractivity (Wildman–Crippen MR) is 52.7 cm³/mol. The van der Waals surface area contributed by atoms with Crippen LogP contribution >= 0.6 is 0 Å². The van der Waals surface area contributed by atoms with Gasteiger partial charge in [-0.2, -0.15) is 0 Å². The van der Waals surface area contributed by atoms with Crippen molar-refractivity contribution in [3.05, 3.63) is 0 Å². The number of carbonyl (C=O) groups is 1. The van der Waals surface area contributed by atoms with Crippen LogP contribution in [0.5, 0.6) is 0 Å². The van der Waals surface area contributed by atoms with Gasteiger partial charge >= 0.3 is 6.09 Å². The molecular weight excluding hydrogens is 182 g/mol. The first kappa shape index (κ1) is 11.3. The van der Waals surface area contributed by atoms with Crippen molar-refractivity contribution < 1.29 is 14.6 Å². The molecule has 0 radical (unpaired) electrons. The van der Waals surface area contributed by atoms with E-state index in [1.807, 2.05) is 6.92 Å². The molecule has 1 aliphatic rings. The number of amides is 1. The second-order valence-electron chi connectivity index (χ2n) is 4.13. The molecule has 3 N–H and O–H groups in total. The van der Waals surface area contributed by atoms with E-state index in [1.54, 1.807) is 0 Å². The summed E-state index contributed by atoms with van der Waals surface area (Å²) in [6.07, 6.45) is 3.29. The summed E-state index contributed by atoms with van der Waals surface area (Å²) in [5.74, 6) is 0.192.